The SMILES string of the molecule is Oc1c(Oc2ccc(Cl)cc2Cl)ccc(Cl)c1Oc1cccc(Cl)c1Cl. The van der Waals surface area contributed by atoms with E-state index >= 15 is 0 Å². The van der Waals surface area contributed by atoms with Gasteiger partial charge in [-0.05, 0) is 42.5 Å². The smallest absolute Gasteiger partial charge is 0.203 e. The maximum absolute atomic E-state index is 10.5. The van der Waals surface area contributed by atoms with Gasteiger partial charge in [-0.15, -0.1) is 0 Å². The number of rotatable bonds is 4. The number of hydrogen-bond donors (Lipinski definition) is 1. The maximum Gasteiger partial charge on any atom is 0.203 e. The second kappa shape index (κ2) is 8.03. The summed E-state index contributed by atoms with van der Waals surface area (Å²) in [6.07, 6.45) is 0. The molecule has 0 spiro atoms. The highest BCUT2D eigenvalue weighted by molar-refractivity contribution is 6.43. The molecule has 3 rings (SSSR count). The fraction of sp³-hybridized carbons (Fsp3) is 0. The zero-order valence-corrected chi connectivity index (χ0v) is 16.6. The Kier molecular flexibility index (Phi) is 5.96. The molecule has 0 aliphatic rings. The summed E-state index contributed by atoms with van der Waals surface area (Å²) in [6.45, 7) is 0. The van der Waals surface area contributed by atoms with Crippen molar-refractivity contribution in [3.63, 3.8) is 0 Å². The zero-order valence-electron chi connectivity index (χ0n) is 12.8. The fourth-order valence-corrected chi connectivity index (χ4v) is 3.03. The Bertz CT molecular complexity index is 975. The Morgan fingerprint density at radius 2 is 1.38 bits per heavy atom. The molecule has 0 aliphatic carbocycles. The lowest BCUT2D eigenvalue weighted by Gasteiger charge is -2.15. The van der Waals surface area contributed by atoms with Crippen LogP contribution in [-0.4, -0.2) is 5.11 Å². The van der Waals surface area contributed by atoms with Gasteiger partial charge in [-0.2, -0.15) is 0 Å². The summed E-state index contributed by atoms with van der Waals surface area (Å²) < 4.78 is 11.3. The normalized spacial score (nSPS) is 10.7. The summed E-state index contributed by atoms with van der Waals surface area (Å²) in [4.78, 5) is 0. The molecule has 8 heteroatoms. The van der Waals surface area contributed by atoms with Gasteiger partial charge >= 0.3 is 0 Å². The predicted molar refractivity (Wildman–Crippen MR) is 106 cm³/mol. The predicted octanol–water partition coefficient (Wildman–Crippen LogP) is 8.24. The number of benzene rings is 3. The van der Waals surface area contributed by atoms with Crippen molar-refractivity contribution in [2.75, 3.05) is 0 Å². The van der Waals surface area contributed by atoms with E-state index in [1.807, 2.05) is 0 Å². The highest BCUT2D eigenvalue weighted by atomic mass is 35.5. The van der Waals surface area contributed by atoms with Crippen LogP contribution in [0, 0.1) is 0 Å². The average molecular weight is 451 g/mol. The summed E-state index contributed by atoms with van der Waals surface area (Å²) in [5, 5.41) is 11.9. The number of phenols is 1. The molecule has 0 unspecified atom stereocenters. The van der Waals surface area contributed by atoms with Crippen LogP contribution in [0.1, 0.15) is 0 Å². The molecule has 0 aliphatic heterocycles. The summed E-state index contributed by atoms with van der Waals surface area (Å²) >= 11 is 30.2. The lowest BCUT2D eigenvalue weighted by atomic mass is 10.2. The lowest BCUT2D eigenvalue weighted by molar-refractivity contribution is 0.378. The Labute approximate surface area is 174 Å². The molecule has 0 bridgehead atoms. The first kappa shape index (κ1) is 19.3. The molecule has 0 amide bonds. The minimum absolute atomic E-state index is 0.0292. The molecule has 1 N–H and O–H groups in total. The Morgan fingerprint density at radius 3 is 2.12 bits per heavy atom. The van der Waals surface area contributed by atoms with Gasteiger partial charge in [0.05, 0.1) is 15.1 Å². The minimum Gasteiger partial charge on any atom is -0.502 e. The molecule has 0 radical (unpaired) electrons. The number of phenolic OH excluding ortho intramolecular Hbond substituents is 1. The van der Waals surface area contributed by atoms with Crippen LogP contribution in [0.5, 0.6) is 28.7 Å². The largest absolute Gasteiger partial charge is 0.502 e. The Balaban J connectivity index is 1.97. The Morgan fingerprint density at radius 1 is 0.654 bits per heavy atom. The first-order valence-corrected chi connectivity index (χ1v) is 9.02. The third kappa shape index (κ3) is 4.08. The monoisotopic (exact) mass is 448 g/mol. The van der Waals surface area contributed by atoms with E-state index in [0.717, 1.165) is 0 Å². The number of halogens is 5. The lowest BCUT2D eigenvalue weighted by Crippen LogP contribution is -1.91. The first-order valence-electron chi connectivity index (χ1n) is 7.13. The molecule has 0 saturated carbocycles. The molecule has 26 heavy (non-hydrogen) atoms. The van der Waals surface area contributed by atoms with Crippen molar-refractivity contribution in [2.24, 2.45) is 0 Å². The van der Waals surface area contributed by atoms with Crippen LogP contribution < -0.4 is 9.47 Å². The van der Waals surface area contributed by atoms with Gasteiger partial charge in [0.1, 0.15) is 16.5 Å². The third-order valence-electron chi connectivity index (χ3n) is 3.29. The number of hydrogen-bond acceptors (Lipinski definition) is 3. The van der Waals surface area contributed by atoms with E-state index < -0.39 is 0 Å². The second-order valence-corrected chi connectivity index (χ2v) is 7.09. The van der Waals surface area contributed by atoms with Crippen molar-refractivity contribution in [3.05, 3.63) is 73.6 Å². The summed E-state index contributed by atoms with van der Waals surface area (Å²) in [7, 11) is 0. The standard InChI is InChI=1S/C18H9Cl5O3/c19-9-4-6-13(12(22)8-9)25-15-7-5-11(21)18(17(15)24)26-14-3-1-2-10(20)16(14)23/h1-8,24H. The third-order valence-corrected chi connectivity index (χ3v) is 4.92. The van der Waals surface area contributed by atoms with Crippen molar-refractivity contribution in [1.29, 1.82) is 0 Å². The summed E-state index contributed by atoms with van der Waals surface area (Å²) in [6, 6.07) is 12.6. The molecule has 3 aromatic carbocycles. The quantitative estimate of drug-likeness (QED) is 0.435. The van der Waals surface area contributed by atoms with Gasteiger partial charge in [-0.1, -0.05) is 64.1 Å². The Hall–Kier alpha value is -1.49. The minimum atomic E-state index is -0.320. The van der Waals surface area contributed by atoms with Crippen LogP contribution >= 0.6 is 58.0 Å². The molecule has 134 valence electrons. The second-order valence-electron chi connectivity index (χ2n) is 5.05. The maximum atomic E-state index is 10.5. The van der Waals surface area contributed by atoms with Crippen molar-refractivity contribution in [1.82, 2.24) is 0 Å². The van der Waals surface area contributed by atoms with Gasteiger partial charge in [0, 0.05) is 5.02 Å². The van der Waals surface area contributed by atoms with E-state index in [4.69, 9.17) is 67.5 Å². The van der Waals surface area contributed by atoms with Crippen LogP contribution in [0.3, 0.4) is 0 Å². The summed E-state index contributed by atoms with van der Waals surface area (Å²) in [5.41, 5.74) is 0. The molecular weight excluding hydrogens is 441 g/mol. The highest BCUT2D eigenvalue weighted by Gasteiger charge is 2.18. The zero-order chi connectivity index (χ0) is 18.8. The van der Waals surface area contributed by atoms with Gasteiger partial charge < -0.3 is 14.6 Å². The topological polar surface area (TPSA) is 38.7 Å². The van der Waals surface area contributed by atoms with Crippen molar-refractivity contribution in [2.45, 2.75) is 0 Å². The molecule has 0 heterocycles. The fourth-order valence-electron chi connectivity index (χ4n) is 2.06. The average Bonchev–Trinajstić information content (AvgIpc) is 2.60. The van der Waals surface area contributed by atoms with E-state index in [0.29, 0.717) is 15.8 Å². The number of aromatic hydroxyl groups is 1. The van der Waals surface area contributed by atoms with Gasteiger partial charge in [0.2, 0.25) is 5.75 Å². The van der Waals surface area contributed by atoms with Gasteiger partial charge in [-0.25, -0.2) is 0 Å². The van der Waals surface area contributed by atoms with Crippen molar-refractivity contribution < 1.29 is 14.6 Å². The molecule has 0 fully saturated rings. The highest BCUT2D eigenvalue weighted by Crippen LogP contribution is 2.47. The van der Waals surface area contributed by atoms with Gasteiger partial charge in [0.15, 0.2) is 11.5 Å². The van der Waals surface area contributed by atoms with Gasteiger partial charge in [-0.3, -0.25) is 0 Å². The van der Waals surface area contributed by atoms with Crippen molar-refractivity contribution >= 4 is 58.0 Å². The van der Waals surface area contributed by atoms with Crippen LogP contribution in [-0.2, 0) is 0 Å². The molecular formula is C18H9Cl5O3. The van der Waals surface area contributed by atoms with Crippen LogP contribution in [0.15, 0.2) is 48.5 Å². The van der Waals surface area contributed by atoms with E-state index in [1.54, 1.807) is 30.3 Å². The summed E-state index contributed by atoms with van der Waals surface area (Å²) in [5.74, 6) is 0.281. The molecule has 3 nitrogen and oxygen atoms in total. The van der Waals surface area contributed by atoms with E-state index in [-0.39, 0.29) is 38.1 Å². The van der Waals surface area contributed by atoms with Crippen LogP contribution in [0.25, 0.3) is 0 Å². The molecule has 0 saturated heterocycles. The molecule has 3 aromatic rings. The van der Waals surface area contributed by atoms with E-state index in [2.05, 4.69) is 0 Å². The number of ether oxygens (including phenoxy) is 2. The van der Waals surface area contributed by atoms with Crippen LogP contribution in [0.2, 0.25) is 25.1 Å². The van der Waals surface area contributed by atoms with E-state index in [9.17, 15) is 5.11 Å². The molecule has 0 aromatic heterocycles. The molecule has 0 atom stereocenters. The first-order chi connectivity index (χ1) is 12.4. The van der Waals surface area contributed by atoms with Crippen LogP contribution in [0.4, 0.5) is 0 Å². The van der Waals surface area contributed by atoms with Crippen molar-refractivity contribution in [3.8, 4) is 28.7 Å². The van der Waals surface area contributed by atoms with Gasteiger partial charge in [0.25, 0.3) is 0 Å². The van der Waals surface area contributed by atoms with E-state index in [1.165, 1.54) is 18.2 Å².